The van der Waals surface area contributed by atoms with Crippen LogP contribution in [0.5, 0.6) is 5.75 Å². The van der Waals surface area contributed by atoms with Crippen molar-refractivity contribution >= 4 is 21.6 Å². The summed E-state index contributed by atoms with van der Waals surface area (Å²) >= 11 is 0. The van der Waals surface area contributed by atoms with Gasteiger partial charge in [0.1, 0.15) is 16.3 Å². The zero-order valence-corrected chi connectivity index (χ0v) is 18.2. The standard InChI is InChI=1S/C21H29N3O4S/c1-5-28-18-9-7-6-8-17(18)23-21(25)19-15(3)20(16(4)22-19)29(26,27)24-12-10-14(2)11-13-24/h6-9,14,22H,5,10-13H2,1-4H3,(H,23,25). The topological polar surface area (TPSA) is 91.5 Å². The number of nitrogens with one attached hydrogen (secondary N) is 2. The second-order valence-electron chi connectivity index (χ2n) is 7.55. The van der Waals surface area contributed by atoms with Gasteiger partial charge in [0, 0.05) is 18.8 Å². The number of anilines is 1. The van der Waals surface area contributed by atoms with Crippen LogP contribution in [0.25, 0.3) is 0 Å². The van der Waals surface area contributed by atoms with Crippen LogP contribution in [0.2, 0.25) is 0 Å². The van der Waals surface area contributed by atoms with Gasteiger partial charge in [-0.05, 0) is 57.2 Å². The Labute approximate surface area is 172 Å². The fourth-order valence-electron chi connectivity index (χ4n) is 3.74. The van der Waals surface area contributed by atoms with Crippen LogP contribution in [0, 0.1) is 19.8 Å². The van der Waals surface area contributed by atoms with E-state index in [2.05, 4.69) is 17.2 Å². The van der Waals surface area contributed by atoms with Crippen LogP contribution < -0.4 is 10.1 Å². The summed E-state index contributed by atoms with van der Waals surface area (Å²) in [5.74, 6) is 0.702. The number of hydrogen-bond acceptors (Lipinski definition) is 4. The van der Waals surface area contributed by atoms with Crippen LogP contribution in [0.3, 0.4) is 0 Å². The number of sulfonamides is 1. The first kappa shape index (κ1) is 21.4. The molecule has 2 N–H and O–H groups in total. The van der Waals surface area contributed by atoms with Crippen molar-refractivity contribution < 1.29 is 17.9 Å². The number of hydrogen-bond donors (Lipinski definition) is 2. The lowest BCUT2D eigenvalue weighted by Crippen LogP contribution is -2.38. The average Bonchev–Trinajstić information content (AvgIpc) is 2.99. The lowest BCUT2D eigenvalue weighted by atomic mass is 10.0. The van der Waals surface area contributed by atoms with E-state index >= 15 is 0 Å². The van der Waals surface area contributed by atoms with E-state index in [1.807, 2.05) is 13.0 Å². The summed E-state index contributed by atoms with van der Waals surface area (Å²) in [4.78, 5) is 16.1. The molecule has 0 atom stereocenters. The molecule has 1 saturated heterocycles. The van der Waals surface area contributed by atoms with Crippen molar-refractivity contribution in [3.8, 4) is 5.75 Å². The van der Waals surface area contributed by atoms with Gasteiger partial charge in [-0.1, -0.05) is 19.1 Å². The molecule has 0 saturated carbocycles. The lowest BCUT2D eigenvalue weighted by Gasteiger charge is -2.29. The van der Waals surface area contributed by atoms with Crippen molar-refractivity contribution in [2.24, 2.45) is 5.92 Å². The molecule has 29 heavy (non-hydrogen) atoms. The van der Waals surface area contributed by atoms with E-state index in [0.29, 0.717) is 48.3 Å². The molecule has 0 unspecified atom stereocenters. The van der Waals surface area contributed by atoms with Crippen LogP contribution in [0.1, 0.15) is 48.4 Å². The molecule has 2 aromatic rings. The number of piperidine rings is 1. The molecule has 7 nitrogen and oxygen atoms in total. The molecular weight excluding hydrogens is 390 g/mol. The Morgan fingerprint density at radius 2 is 1.90 bits per heavy atom. The molecule has 1 aromatic heterocycles. The van der Waals surface area contributed by atoms with Crippen LogP contribution in [-0.2, 0) is 10.0 Å². The zero-order chi connectivity index (χ0) is 21.2. The number of rotatable bonds is 6. The molecule has 1 amide bonds. The number of amides is 1. The summed E-state index contributed by atoms with van der Waals surface area (Å²) in [6.07, 6.45) is 1.70. The third-order valence-corrected chi connectivity index (χ3v) is 7.54. The van der Waals surface area contributed by atoms with Crippen molar-refractivity contribution in [3.63, 3.8) is 0 Å². The van der Waals surface area contributed by atoms with Gasteiger partial charge >= 0.3 is 0 Å². The molecule has 1 aliphatic rings. The van der Waals surface area contributed by atoms with E-state index in [1.54, 1.807) is 32.0 Å². The summed E-state index contributed by atoms with van der Waals surface area (Å²) in [6, 6.07) is 7.16. The number of para-hydroxylation sites is 2. The minimum Gasteiger partial charge on any atom is -0.492 e. The summed E-state index contributed by atoms with van der Waals surface area (Å²) in [6.45, 7) is 8.87. The van der Waals surface area contributed by atoms with E-state index in [1.165, 1.54) is 4.31 Å². The number of nitrogens with zero attached hydrogens (tertiary/aromatic N) is 1. The second kappa shape index (κ2) is 8.59. The number of aromatic amines is 1. The van der Waals surface area contributed by atoms with E-state index in [4.69, 9.17) is 4.74 Å². The van der Waals surface area contributed by atoms with Gasteiger partial charge in [-0.25, -0.2) is 8.42 Å². The Balaban J connectivity index is 1.89. The summed E-state index contributed by atoms with van der Waals surface area (Å²) in [5.41, 5.74) is 1.70. The maximum Gasteiger partial charge on any atom is 0.272 e. The third kappa shape index (κ3) is 4.33. The molecule has 0 radical (unpaired) electrons. The number of carbonyl (C=O) groups excluding carboxylic acids is 1. The Hall–Kier alpha value is -2.32. The van der Waals surface area contributed by atoms with Crippen LogP contribution in [-0.4, -0.2) is 43.3 Å². The van der Waals surface area contributed by atoms with Crippen molar-refractivity contribution in [2.75, 3.05) is 25.0 Å². The zero-order valence-electron chi connectivity index (χ0n) is 17.4. The third-order valence-electron chi connectivity index (χ3n) is 5.37. The molecule has 0 spiro atoms. The minimum atomic E-state index is -3.65. The molecule has 0 bridgehead atoms. The summed E-state index contributed by atoms with van der Waals surface area (Å²) < 4.78 is 33.5. The van der Waals surface area contributed by atoms with Crippen molar-refractivity contribution in [2.45, 2.75) is 45.4 Å². The number of aromatic nitrogens is 1. The van der Waals surface area contributed by atoms with E-state index in [9.17, 15) is 13.2 Å². The molecule has 2 heterocycles. The molecule has 1 aromatic carbocycles. The van der Waals surface area contributed by atoms with Gasteiger partial charge in [-0.2, -0.15) is 4.31 Å². The van der Waals surface area contributed by atoms with Gasteiger partial charge in [-0.3, -0.25) is 4.79 Å². The van der Waals surface area contributed by atoms with Crippen LogP contribution in [0.15, 0.2) is 29.2 Å². The van der Waals surface area contributed by atoms with Crippen LogP contribution >= 0.6 is 0 Å². The van der Waals surface area contributed by atoms with Gasteiger partial charge in [0.05, 0.1) is 12.3 Å². The molecular formula is C21H29N3O4S. The number of benzene rings is 1. The Bertz CT molecular complexity index is 989. The molecule has 8 heteroatoms. The predicted molar refractivity (Wildman–Crippen MR) is 113 cm³/mol. The molecule has 158 valence electrons. The van der Waals surface area contributed by atoms with Gasteiger partial charge in [0.2, 0.25) is 10.0 Å². The average molecular weight is 420 g/mol. The number of aryl methyl sites for hydroxylation is 1. The molecule has 1 aliphatic heterocycles. The fourth-order valence-corrected chi connectivity index (χ4v) is 5.61. The van der Waals surface area contributed by atoms with Crippen molar-refractivity contribution in [1.82, 2.24) is 9.29 Å². The first-order valence-corrected chi connectivity index (χ1v) is 11.4. The molecule has 1 fully saturated rings. The molecule has 3 rings (SSSR count). The van der Waals surface area contributed by atoms with Gasteiger partial charge < -0.3 is 15.0 Å². The monoisotopic (exact) mass is 419 g/mol. The SMILES string of the molecule is CCOc1ccccc1NC(=O)c1[nH]c(C)c(S(=O)(=O)N2CCC(C)CC2)c1C. The first-order valence-electron chi connectivity index (χ1n) is 9.98. The second-order valence-corrected chi connectivity index (χ2v) is 9.42. The Morgan fingerprint density at radius 3 is 2.55 bits per heavy atom. The normalized spacial score (nSPS) is 16.0. The number of H-pyrrole nitrogens is 1. The van der Waals surface area contributed by atoms with Crippen LogP contribution in [0.4, 0.5) is 5.69 Å². The van der Waals surface area contributed by atoms with Crippen molar-refractivity contribution in [3.05, 3.63) is 41.2 Å². The summed E-state index contributed by atoms with van der Waals surface area (Å²) in [5, 5.41) is 2.83. The quantitative estimate of drug-likeness (QED) is 0.747. The number of carbonyl (C=O) groups is 1. The highest BCUT2D eigenvalue weighted by Crippen LogP contribution is 2.30. The van der Waals surface area contributed by atoms with Gasteiger partial charge in [0.15, 0.2) is 0 Å². The van der Waals surface area contributed by atoms with Gasteiger partial charge in [0.25, 0.3) is 5.91 Å². The summed E-state index contributed by atoms with van der Waals surface area (Å²) in [7, 11) is -3.65. The predicted octanol–water partition coefficient (Wildman–Crippen LogP) is 3.70. The van der Waals surface area contributed by atoms with E-state index < -0.39 is 15.9 Å². The Kier molecular flexibility index (Phi) is 6.33. The van der Waals surface area contributed by atoms with Gasteiger partial charge in [-0.15, -0.1) is 0 Å². The maximum absolute atomic E-state index is 13.2. The smallest absolute Gasteiger partial charge is 0.272 e. The van der Waals surface area contributed by atoms with E-state index in [0.717, 1.165) is 12.8 Å². The number of ether oxygens (including phenoxy) is 1. The van der Waals surface area contributed by atoms with Crippen molar-refractivity contribution in [1.29, 1.82) is 0 Å². The highest BCUT2D eigenvalue weighted by molar-refractivity contribution is 7.89. The Morgan fingerprint density at radius 1 is 1.24 bits per heavy atom. The highest BCUT2D eigenvalue weighted by Gasteiger charge is 2.33. The molecule has 0 aliphatic carbocycles. The first-order chi connectivity index (χ1) is 13.8. The highest BCUT2D eigenvalue weighted by atomic mass is 32.2. The largest absolute Gasteiger partial charge is 0.492 e. The minimum absolute atomic E-state index is 0.204. The fraction of sp³-hybridized carbons (Fsp3) is 0.476. The maximum atomic E-state index is 13.2. The lowest BCUT2D eigenvalue weighted by molar-refractivity contribution is 0.102. The van der Waals surface area contributed by atoms with E-state index in [-0.39, 0.29) is 10.6 Å².